The van der Waals surface area contributed by atoms with Gasteiger partial charge < -0.3 is 10.1 Å². The summed E-state index contributed by atoms with van der Waals surface area (Å²) in [4.78, 5) is 11.3. The van der Waals surface area contributed by atoms with Crippen LogP contribution in [0.3, 0.4) is 0 Å². The van der Waals surface area contributed by atoms with E-state index in [1.54, 1.807) is 42.0 Å². The molecule has 2 N–H and O–H groups in total. The first-order chi connectivity index (χ1) is 10.5. The Morgan fingerprint density at radius 3 is 3.00 bits per heavy atom. The highest BCUT2D eigenvalue weighted by Crippen LogP contribution is 2.12. The van der Waals surface area contributed by atoms with E-state index in [4.69, 9.17) is 4.74 Å². The highest BCUT2D eigenvalue weighted by Gasteiger charge is 2.11. The van der Waals surface area contributed by atoms with Crippen molar-refractivity contribution in [1.82, 2.24) is 14.9 Å². The maximum Gasteiger partial charge on any atom is 0.246 e. The summed E-state index contributed by atoms with van der Waals surface area (Å²) in [6.07, 6.45) is 3.29. The van der Waals surface area contributed by atoms with E-state index in [0.717, 1.165) is 5.52 Å². The van der Waals surface area contributed by atoms with Crippen LogP contribution in [-0.2, 0) is 19.6 Å². The fourth-order valence-electron chi connectivity index (χ4n) is 1.79. The van der Waals surface area contributed by atoms with E-state index < -0.39 is 10.0 Å². The van der Waals surface area contributed by atoms with Crippen LogP contribution in [0.4, 0.5) is 5.69 Å². The van der Waals surface area contributed by atoms with Crippen molar-refractivity contribution < 1.29 is 17.9 Å². The molecule has 0 aromatic carbocycles. The number of carbonyl (C=O) groups is 1. The minimum Gasteiger partial charge on any atom is -0.372 e. The van der Waals surface area contributed by atoms with Crippen molar-refractivity contribution in [3.8, 4) is 0 Å². The summed E-state index contributed by atoms with van der Waals surface area (Å²) in [5.41, 5.74) is 1.24. The lowest BCUT2D eigenvalue weighted by Gasteiger charge is -2.09. The predicted molar refractivity (Wildman–Crippen MR) is 82.1 cm³/mol. The van der Waals surface area contributed by atoms with Gasteiger partial charge in [-0.3, -0.25) is 9.52 Å². The fraction of sp³-hybridized carbons (Fsp3) is 0.385. The first-order valence-electron chi connectivity index (χ1n) is 6.78. The van der Waals surface area contributed by atoms with E-state index in [1.807, 2.05) is 0 Å². The van der Waals surface area contributed by atoms with Crippen LogP contribution < -0.4 is 10.0 Å². The molecule has 2 aromatic heterocycles. The van der Waals surface area contributed by atoms with Crippen LogP contribution in [0, 0.1) is 0 Å². The molecule has 0 fully saturated rings. The zero-order valence-corrected chi connectivity index (χ0v) is 13.0. The Morgan fingerprint density at radius 2 is 2.23 bits per heavy atom. The molecular weight excluding hydrogens is 308 g/mol. The number of ether oxygens (including phenoxy) is 1. The lowest BCUT2D eigenvalue weighted by atomic mass is 10.4. The van der Waals surface area contributed by atoms with Gasteiger partial charge in [0.2, 0.25) is 15.9 Å². The Bertz CT molecular complexity index is 741. The predicted octanol–water partition coefficient (Wildman–Crippen LogP) is 0.229. The number of nitrogens with zero attached hydrogens (tertiary/aromatic N) is 2. The molecule has 120 valence electrons. The molecule has 0 saturated heterocycles. The van der Waals surface area contributed by atoms with E-state index in [2.05, 4.69) is 15.1 Å². The number of anilines is 1. The first kappa shape index (κ1) is 16.2. The molecule has 2 heterocycles. The van der Waals surface area contributed by atoms with Crippen LogP contribution in [-0.4, -0.2) is 49.5 Å². The fourth-order valence-corrected chi connectivity index (χ4v) is 2.75. The second kappa shape index (κ2) is 7.23. The van der Waals surface area contributed by atoms with Gasteiger partial charge >= 0.3 is 0 Å². The van der Waals surface area contributed by atoms with Gasteiger partial charge in [0.1, 0.15) is 6.61 Å². The summed E-state index contributed by atoms with van der Waals surface area (Å²) in [5, 5.41) is 6.52. The van der Waals surface area contributed by atoms with Crippen molar-refractivity contribution in [2.24, 2.45) is 0 Å². The molecule has 0 unspecified atom stereocenters. The number of carbonyl (C=O) groups excluding carboxylic acids is 1. The number of hydrogen-bond acceptors (Lipinski definition) is 5. The van der Waals surface area contributed by atoms with Gasteiger partial charge in [-0.05, 0) is 25.1 Å². The van der Waals surface area contributed by atoms with E-state index in [1.165, 1.54) is 0 Å². The molecule has 0 aliphatic carbocycles. The van der Waals surface area contributed by atoms with Crippen LogP contribution in [0.1, 0.15) is 6.92 Å². The summed E-state index contributed by atoms with van der Waals surface area (Å²) >= 11 is 0. The summed E-state index contributed by atoms with van der Waals surface area (Å²) in [7, 11) is -3.54. The SMILES string of the molecule is CCOCC(=O)NCCS(=O)(=O)Nc1ccn2nccc2c1. The minimum atomic E-state index is -3.54. The molecule has 8 nitrogen and oxygen atoms in total. The van der Waals surface area contributed by atoms with Gasteiger partial charge in [0, 0.05) is 25.5 Å². The average molecular weight is 326 g/mol. The maximum atomic E-state index is 12.0. The van der Waals surface area contributed by atoms with E-state index >= 15 is 0 Å². The molecule has 0 spiro atoms. The second-order valence-corrected chi connectivity index (χ2v) is 6.37. The van der Waals surface area contributed by atoms with Gasteiger partial charge in [-0.2, -0.15) is 5.10 Å². The molecule has 9 heteroatoms. The third kappa shape index (κ3) is 4.71. The van der Waals surface area contributed by atoms with Crippen molar-refractivity contribution in [2.75, 3.05) is 30.2 Å². The first-order valence-corrected chi connectivity index (χ1v) is 8.44. The van der Waals surface area contributed by atoms with Crippen LogP contribution in [0.15, 0.2) is 30.6 Å². The third-order valence-corrected chi connectivity index (χ3v) is 4.09. The zero-order valence-electron chi connectivity index (χ0n) is 12.2. The van der Waals surface area contributed by atoms with Crippen LogP contribution in [0.2, 0.25) is 0 Å². The minimum absolute atomic E-state index is 0.0240. The standard InChI is InChI=1S/C13H18N4O4S/c1-2-21-10-13(18)14-6-8-22(19,20)16-11-4-7-17-12(9-11)3-5-15-17/h3-5,7,9,16H,2,6,8,10H2,1H3,(H,14,18). The van der Waals surface area contributed by atoms with Crippen molar-refractivity contribution >= 4 is 27.1 Å². The Balaban J connectivity index is 1.86. The van der Waals surface area contributed by atoms with E-state index in [0.29, 0.717) is 12.3 Å². The second-order valence-electron chi connectivity index (χ2n) is 4.52. The number of nitrogens with one attached hydrogen (secondary N) is 2. The molecule has 0 saturated carbocycles. The summed E-state index contributed by atoms with van der Waals surface area (Å²) in [5.74, 6) is -0.548. The highest BCUT2D eigenvalue weighted by atomic mass is 32.2. The molecule has 2 rings (SSSR count). The Morgan fingerprint density at radius 1 is 1.41 bits per heavy atom. The molecule has 2 aromatic rings. The average Bonchev–Trinajstić information content (AvgIpc) is 2.92. The third-order valence-electron chi connectivity index (χ3n) is 2.80. The molecule has 0 radical (unpaired) electrons. The monoisotopic (exact) mass is 326 g/mol. The van der Waals surface area contributed by atoms with E-state index in [9.17, 15) is 13.2 Å². The smallest absolute Gasteiger partial charge is 0.246 e. The summed E-state index contributed by atoms with van der Waals surface area (Å²) in [6, 6.07) is 5.06. The molecule has 22 heavy (non-hydrogen) atoms. The lowest BCUT2D eigenvalue weighted by Crippen LogP contribution is -2.33. The number of hydrogen-bond donors (Lipinski definition) is 2. The number of sulfonamides is 1. The van der Waals surface area contributed by atoms with Crippen LogP contribution >= 0.6 is 0 Å². The lowest BCUT2D eigenvalue weighted by molar-refractivity contribution is -0.125. The maximum absolute atomic E-state index is 12.0. The van der Waals surface area contributed by atoms with Crippen molar-refractivity contribution in [1.29, 1.82) is 0 Å². The van der Waals surface area contributed by atoms with Crippen molar-refractivity contribution in [3.63, 3.8) is 0 Å². The summed E-state index contributed by atoms with van der Waals surface area (Å²) < 4.78 is 32.9. The summed E-state index contributed by atoms with van der Waals surface area (Å²) in [6.45, 7) is 2.17. The van der Waals surface area contributed by atoms with Gasteiger partial charge in [-0.25, -0.2) is 12.9 Å². The molecular formula is C13H18N4O4S. The van der Waals surface area contributed by atoms with Crippen molar-refractivity contribution in [3.05, 3.63) is 30.6 Å². The topological polar surface area (TPSA) is 102 Å². The van der Waals surface area contributed by atoms with Crippen LogP contribution in [0.5, 0.6) is 0 Å². The molecule has 0 bridgehead atoms. The number of amides is 1. The molecule has 0 atom stereocenters. The molecule has 1 amide bonds. The van der Waals surface area contributed by atoms with Gasteiger partial charge in [0.05, 0.1) is 17.0 Å². The van der Waals surface area contributed by atoms with Gasteiger partial charge in [-0.1, -0.05) is 0 Å². The largest absolute Gasteiger partial charge is 0.372 e. The van der Waals surface area contributed by atoms with Gasteiger partial charge in [0.15, 0.2) is 0 Å². The molecule has 0 aliphatic heterocycles. The quantitative estimate of drug-likeness (QED) is 0.723. The number of pyridine rings is 1. The highest BCUT2D eigenvalue weighted by molar-refractivity contribution is 7.92. The van der Waals surface area contributed by atoms with Crippen molar-refractivity contribution in [2.45, 2.75) is 6.92 Å². The molecule has 0 aliphatic rings. The van der Waals surface area contributed by atoms with E-state index in [-0.39, 0.29) is 24.8 Å². The van der Waals surface area contributed by atoms with Gasteiger partial charge in [0.25, 0.3) is 0 Å². The Labute approximate surface area is 128 Å². The van der Waals surface area contributed by atoms with Gasteiger partial charge in [-0.15, -0.1) is 0 Å². The normalized spacial score (nSPS) is 11.5. The number of rotatable bonds is 8. The number of aromatic nitrogens is 2. The Kier molecular flexibility index (Phi) is 5.34. The zero-order chi connectivity index (χ0) is 16.0. The van der Waals surface area contributed by atoms with Crippen LogP contribution in [0.25, 0.3) is 5.52 Å². The Hall–Kier alpha value is -2.13. The number of fused-ring (bicyclic) bond motifs is 1.